The molecule has 6 heteroatoms. The second kappa shape index (κ2) is 10.2. The van der Waals surface area contributed by atoms with E-state index in [9.17, 15) is 9.90 Å². The number of aromatic hydroxyl groups is 1. The summed E-state index contributed by atoms with van der Waals surface area (Å²) in [6.07, 6.45) is 0. The van der Waals surface area contributed by atoms with E-state index in [2.05, 4.69) is 24.0 Å². The average molecular weight is 433 g/mol. The first-order chi connectivity index (χ1) is 15.6. The molecular weight excluding hydrogens is 404 g/mol. The number of carbonyl (C=O) groups excluding carboxylic acids is 1. The summed E-state index contributed by atoms with van der Waals surface area (Å²) < 4.78 is 11.4. The highest BCUT2D eigenvalue weighted by atomic mass is 16.5. The number of nitrogens with zero attached hydrogens (tertiary/aromatic N) is 2. The van der Waals surface area contributed by atoms with Crippen LogP contribution in [0.4, 0.5) is 0 Å². The van der Waals surface area contributed by atoms with Gasteiger partial charge in [0.15, 0.2) is 18.1 Å². The predicted octanol–water partition coefficient (Wildman–Crippen LogP) is 4.47. The molecule has 1 amide bonds. The van der Waals surface area contributed by atoms with E-state index in [0.717, 1.165) is 24.6 Å². The Morgan fingerprint density at radius 2 is 1.50 bits per heavy atom. The van der Waals surface area contributed by atoms with Crippen LogP contribution in [0, 0.1) is 0 Å². The standard InChI is InChI=1S/C26H28N2O4/c1-20(21-11-13-23(14-12-21)32-22-7-3-2-4-8-22)27-15-17-28(18-16-27)26(30)19-31-25-10-6-5-9-24(25)29/h2-14,20,29H,15-19H2,1H3. The number of carbonyl (C=O) groups is 1. The first-order valence-corrected chi connectivity index (χ1v) is 10.9. The topological polar surface area (TPSA) is 62.2 Å². The molecule has 1 aliphatic heterocycles. The zero-order chi connectivity index (χ0) is 22.3. The summed E-state index contributed by atoms with van der Waals surface area (Å²) in [5.74, 6) is 1.93. The molecule has 1 N–H and O–H groups in total. The van der Waals surface area contributed by atoms with Crippen molar-refractivity contribution in [2.75, 3.05) is 32.8 Å². The molecule has 0 spiro atoms. The molecule has 1 unspecified atom stereocenters. The summed E-state index contributed by atoms with van der Waals surface area (Å²) in [6, 6.07) is 24.8. The summed E-state index contributed by atoms with van der Waals surface area (Å²) in [5.41, 5.74) is 1.22. The Hall–Kier alpha value is -3.51. The van der Waals surface area contributed by atoms with Crippen molar-refractivity contribution >= 4 is 5.91 Å². The lowest BCUT2D eigenvalue weighted by molar-refractivity contribution is -0.135. The van der Waals surface area contributed by atoms with Crippen LogP contribution in [0.2, 0.25) is 0 Å². The minimum atomic E-state index is -0.0734. The van der Waals surface area contributed by atoms with Gasteiger partial charge in [0.2, 0.25) is 0 Å². The fourth-order valence-electron chi connectivity index (χ4n) is 3.82. The molecule has 1 fully saturated rings. The molecule has 3 aromatic rings. The van der Waals surface area contributed by atoms with Crippen LogP contribution in [0.1, 0.15) is 18.5 Å². The Labute approximate surface area is 188 Å². The van der Waals surface area contributed by atoms with Gasteiger partial charge in [-0.1, -0.05) is 42.5 Å². The summed E-state index contributed by atoms with van der Waals surface area (Å²) in [7, 11) is 0. The lowest BCUT2D eigenvalue weighted by atomic mass is 10.1. The number of phenols is 1. The Morgan fingerprint density at radius 1 is 0.875 bits per heavy atom. The number of hydrogen-bond donors (Lipinski definition) is 1. The predicted molar refractivity (Wildman–Crippen MR) is 123 cm³/mol. The van der Waals surface area contributed by atoms with Crippen molar-refractivity contribution in [1.29, 1.82) is 0 Å². The summed E-state index contributed by atoms with van der Waals surface area (Å²) in [5, 5.41) is 9.76. The maximum atomic E-state index is 12.5. The van der Waals surface area contributed by atoms with Crippen LogP contribution in [-0.2, 0) is 4.79 Å². The minimum absolute atomic E-state index is 0.0409. The second-order valence-electron chi connectivity index (χ2n) is 7.83. The van der Waals surface area contributed by atoms with Gasteiger partial charge in [-0.3, -0.25) is 9.69 Å². The molecule has 4 rings (SSSR count). The van der Waals surface area contributed by atoms with Crippen molar-refractivity contribution in [3.8, 4) is 23.0 Å². The van der Waals surface area contributed by atoms with Crippen molar-refractivity contribution in [1.82, 2.24) is 9.80 Å². The normalized spacial score (nSPS) is 15.2. The van der Waals surface area contributed by atoms with Crippen LogP contribution >= 0.6 is 0 Å². The van der Waals surface area contributed by atoms with E-state index in [0.29, 0.717) is 18.8 Å². The molecule has 166 valence electrons. The molecule has 1 heterocycles. The third-order valence-electron chi connectivity index (χ3n) is 5.77. The van der Waals surface area contributed by atoms with Crippen LogP contribution in [0.25, 0.3) is 0 Å². The maximum absolute atomic E-state index is 12.5. The number of piperazine rings is 1. The average Bonchev–Trinajstić information content (AvgIpc) is 2.84. The SMILES string of the molecule is CC(c1ccc(Oc2ccccc2)cc1)N1CCN(C(=O)COc2ccccc2O)CC1. The van der Waals surface area contributed by atoms with Crippen LogP contribution in [-0.4, -0.2) is 53.6 Å². The molecule has 1 aliphatic rings. The molecule has 0 bridgehead atoms. The van der Waals surface area contributed by atoms with E-state index in [1.165, 1.54) is 5.56 Å². The van der Waals surface area contributed by atoms with Crippen LogP contribution in [0.3, 0.4) is 0 Å². The highest BCUT2D eigenvalue weighted by molar-refractivity contribution is 5.78. The van der Waals surface area contributed by atoms with E-state index in [4.69, 9.17) is 9.47 Å². The van der Waals surface area contributed by atoms with Crippen molar-refractivity contribution in [2.45, 2.75) is 13.0 Å². The largest absolute Gasteiger partial charge is 0.504 e. The fourth-order valence-corrected chi connectivity index (χ4v) is 3.82. The number of ether oxygens (including phenoxy) is 2. The third-order valence-corrected chi connectivity index (χ3v) is 5.77. The number of amides is 1. The van der Waals surface area contributed by atoms with Crippen LogP contribution in [0.15, 0.2) is 78.9 Å². The highest BCUT2D eigenvalue weighted by Gasteiger charge is 2.25. The van der Waals surface area contributed by atoms with Gasteiger partial charge in [-0.15, -0.1) is 0 Å². The molecule has 0 aliphatic carbocycles. The van der Waals surface area contributed by atoms with Gasteiger partial charge in [-0.2, -0.15) is 0 Å². The van der Waals surface area contributed by atoms with Gasteiger partial charge in [0.1, 0.15) is 11.5 Å². The fraction of sp³-hybridized carbons (Fsp3) is 0.269. The van der Waals surface area contributed by atoms with E-state index < -0.39 is 0 Å². The summed E-state index contributed by atoms with van der Waals surface area (Å²) in [4.78, 5) is 16.7. The van der Waals surface area contributed by atoms with Gasteiger partial charge >= 0.3 is 0 Å². The molecule has 3 aromatic carbocycles. The van der Waals surface area contributed by atoms with Gasteiger partial charge in [0.25, 0.3) is 5.91 Å². The lowest BCUT2D eigenvalue weighted by Crippen LogP contribution is -2.50. The molecule has 0 radical (unpaired) electrons. The van der Waals surface area contributed by atoms with E-state index in [-0.39, 0.29) is 24.3 Å². The Bertz CT molecular complexity index is 1020. The number of para-hydroxylation sites is 3. The Kier molecular flexibility index (Phi) is 6.92. The monoisotopic (exact) mass is 432 g/mol. The van der Waals surface area contributed by atoms with Crippen molar-refractivity contribution in [3.63, 3.8) is 0 Å². The maximum Gasteiger partial charge on any atom is 0.260 e. The van der Waals surface area contributed by atoms with Gasteiger partial charge < -0.3 is 19.5 Å². The first-order valence-electron chi connectivity index (χ1n) is 10.9. The van der Waals surface area contributed by atoms with Crippen LogP contribution < -0.4 is 9.47 Å². The molecule has 6 nitrogen and oxygen atoms in total. The summed E-state index contributed by atoms with van der Waals surface area (Å²) >= 11 is 0. The van der Waals surface area contributed by atoms with Crippen LogP contribution in [0.5, 0.6) is 23.0 Å². The Balaban J connectivity index is 1.26. The van der Waals surface area contributed by atoms with Gasteiger partial charge in [-0.25, -0.2) is 0 Å². The zero-order valence-electron chi connectivity index (χ0n) is 18.2. The molecule has 0 aromatic heterocycles. The zero-order valence-corrected chi connectivity index (χ0v) is 18.2. The summed E-state index contributed by atoms with van der Waals surface area (Å²) in [6.45, 7) is 5.02. The molecule has 0 saturated carbocycles. The van der Waals surface area contributed by atoms with Crippen molar-refractivity contribution in [2.24, 2.45) is 0 Å². The quantitative estimate of drug-likeness (QED) is 0.597. The minimum Gasteiger partial charge on any atom is -0.504 e. The lowest BCUT2D eigenvalue weighted by Gasteiger charge is -2.38. The molecular formula is C26H28N2O4. The van der Waals surface area contributed by atoms with Gasteiger partial charge in [0.05, 0.1) is 0 Å². The number of phenolic OH excluding ortho intramolecular Hbond substituents is 1. The third kappa shape index (κ3) is 5.39. The van der Waals surface area contributed by atoms with Gasteiger partial charge in [-0.05, 0) is 48.9 Å². The van der Waals surface area contributed by atoms with E-state index in [1.807, 2.05) is 47.4 Å². The number of rotatable bonds is 7. The van der Waals surface area contributed by atoms with E-state index in [1.54, 1.807) is 24.3 Å². The Morgan fingerprint density at radius 3 is 2.19 bits per heavy atom. The highest BCUT2D eigenvalue weighted by Crippen LogP contribution is 2.27. The number of hydrogen-bond acceptors (Lipinski definition) is 5. The first kappa shape index (κ1) is 21.7. The smallest absolute Gasteiger partial charge is 0.260 e. The molecule has 32 heavy (non-hydrogen) atoms. The number of benzene rings is 3. The second-order valence-corrected chi connectivity index (χ2v) is 7.83. The molecule has 1 saturated heterocycles. The molecule has 1 atom stereocenters. The van der Waals surface area contributed by atoms with Gasteiger partial charge in [0, 0.05) is 32.2 Å². The van der Waals surface area contributed by atoms with Crippen molar-refractivity contribution < 1.29 is 19.4 Å². The van der Waals surface area contributed by atoms with Crippen molar-refractivity contribution in [3.05, 3.63) is 84.4 Å². The van der Waals surface area contributed by atoms with E-state index >= 15 is 0 Å².